The minimum Gasteiger partial charge on any atom is -0.505 e. The highest BCUT2D eigenvalue weighted by Crippen LogP contribution is 2.50. The van der Waals surface area contributed by atoms with Crippen LogP contribution in [-0.4, -0.2) is 37.7 Å². The number of nitrogens with zero attached hydrogens (tertiary/aromatic N) is 4. The molecule has 1 amide bonds. The summed E-state index contributed by atoms with van der Waals surface area (Å²) in [6.45, 7) is 10.7. The molecule has 1 aliphatic rings. The molecule has 1 aromatic carbocycles. The zero-order valence-corrected chi connectivity index (χ0v) is 20.5. The Balaban J connectivity index is 1.73. The molecular weight excluding hydrogens is 446 g/mol. The first kappa shape index (κ1) is 22.7. The van der Waals surface area contributed by atoms with Gasteiger partial charge in [-0.2, -0.15) is 5.21 Å². The van der Waals surface area contributed by atoms with Crippen LogP contribution in [0.1, 0.15) is 53.9 Å². The molecule has 9 heteroatoms. The fourth-order valence-corrected chi connectivity index (χ4v) is 6.80. The van der Waals surface area contributed by atoms with Crippen LogP contribution in [0, 0.1) is 10.8 Å². The normalized spacial score (nSPS) is 17.9. The van der Waals surface area contributed by atoms with E-state index in [-0.39, 0.29) is 39.4 Å². The number of carbonyl (C=O) groups is 1. The van der Waals surface area contributed by atoms with Crippen LogP contribution >= 0.6 is 22.9 Å². The van der Waals surface area contributed by atoms with Crippen LogP contribution in [0.2, 0.25) is 5.02 Å². The first-order chi connectivity index (χ1) is 15.0. The number of aromatic hydroxyl groups is 1. The minimum absolute atomic E-state index is 0.0215. The predicted octanol–water partition coefficient (Wildman–Crippen LogP) is 5.91. The summed E-state index contributed by atoms with van der Waals surface area (Å²) in [6, 6.07) is 7.88. The first-order valence-corrected chi connectivity index (χ1v) is 11.8. The summed E-state index contributed by atoms with van der Waals surface area (Å²) in [5, 5.41) is 24.6. The van der Waals surface area contributed by atoms with Gasteiger partial charge >= 0.3 is 0 Å². The number of hydrogen-bond acceptors (Lipinski definition) is 6. The summed E-state index contributed by atoms with van der Waals surface area (Å²) in [5.74, 6) is 0.236. The van der Waals surface area contributed by atoms with Gasteiger partial charge in [-0.25, -0.2) is 0 Å². The van der Waals surface area contributed by atoms with E-state index in [4.69, 9.17) is 11.6 Å². The van der Waals surface area contributed by atoms with Crippen molar-refractivity contribution in [2.45, 2.75) is 59.9 Å². The number of aromatic amines is 1. The Kier molecular flexibility index (Phi) is 5.79. The second-order valence-electron chi connectivity index (χ2n) is 10.2. The van der Waals surface area contributed by atoms with Crippen molar-refractivity contribution < 1.29 is 9.90 Å². The number of nitrogens with one attached hydrogen (secondary N) is 1. The zero-order chi connectivity index (χ0) is 23.3. The largest absolute Gasteiger partial charge is 0.505 e. The molecule has 2 aromatic heterocycles. The Morgan fingerprint density at radius 2 is 1.91 bits per heavy atom. The molecule has 0 unspecified atom stereocenters. The molecule has 170 valence electrons. The highest BCUT2D eigenvalue weighted by atomic mass is 35.5. The van der Waals surface area contributed by atoms with Crippen LogP contribution in [0.15, 0.2) is 24.3 Å². The number of H-pyrrole nitrogens is 1. The molecule has 4 rings (SSSR count). The van der Waals surface area contributed by atoms with E-state index in [1.54, 1.807) is 6.92 Å². The summed E-state index contributed by atoms with van der Waals surface area (Å²) in [7, 11) is 0. The second-order valence-corrected chi connectivity index (χ2v) is 11.6. The number of amides is 1. The van der Waals surface area contributed by atoms with Gasteiger partial charge in [0.1, 0.15) is 9.90 Å². The van der Waals surface area contributed by atoms with E-state index < -0.39 is 0 Å². The van der Waals surface area contributed by atoms with Gasteiger partial charge in [0.2, 0.25) is 11.7 Å². The van der Waals surface area contributed by atoms with Gasteiger partial charge in [-0.05, 0) is 53.0 Å². The average Bonchev–Trinajstić information content (AvgIpc) is 3.29. The van der Waals surface area contributed by atoms with E-state index in [0.29, 0.717) is 9.75 Å². The van der Waals surface area contributed by atoms with E-state index in [1.165, 1.54) is 11.3 Å². The molecule has 1 aliphatic carbocycles. The lowest BCUT2D eigenvalue weighted by Crippen LogP contribution is -2.48. The third-order valence-electron chi connectivity index (χ3n) is 6.00. The summed E-state index contributed by atoms with van der Waals surface area (Å²) in [6.07, 6.45) is 3.02. The van der Waals surface area contributed by atoms with Crippen molar-refractivity contribution in [2.75, 3.05) is 4.90 Å². The molecule has 7 nitrogen and oxygen atoms in total. The molecule has 0 saturated heterocycles. The topological polar surface area (TPSA) is 95.0 Å². The monoisotopic (exact) mass is 473 g/mol. The number of aromatic nitrogens is 4. The lowest BCUT2D eigenvalue weighted by molar-refractivity contribution is -0.117. The van der Waals surface area contributed by atoms with Gasteiger partial charge in [0.25, 0.3) is 0 Å². The maximum absolute atomic E-state index is 12.8. The molecule has 32 heavy (non-hydrogen) atoms. The van der Waals surface area contributed by atoms with Gasteiger partial charge < -0.3 is 10.0 Å². The lowest BCUT2D eigenvalue weighted by atomic mass is 9.63. The Labute approximate surface area is 196 Å². The molecule has 2 N–H and O–H groups in total. The van der Waals surface area contributed by atoms with Crippen LogP contribution in [0.5, 0.6) is 5.75 Å². The Morgan fingerprint density at radius 3 is 2.50 bits per heavy atom. The van der Waals surface area contributed by atoms with Gasteiger partial charge in [-0.1, -0.05) is 51.4 Å². The number of carbonyl (C=O) groups excluding carboxylic acids is 1. The van der Waals surface area contributed by atoms with Crippen molar-refractivity contribution in [3.8, 4) is 26.9 Å². The van der Waals surface area contributed by atoms with Crippen molar-refractivity contribution in [3.63, 3.8) is 0 Å². The predicted molar refractivity (Wildman–Crippen MR) is 128 cm³/mol. The van der Waals surface area contributed by atoms with Gasteiger partial charge in [0.05, 0.1) is 4.88 Å². The summed E-state index contributed by atoms with van der Waals surface area (Å²) in [4.78, 5) is 15.9. The number of rotatable bonds is 4. The van der Waals surface area contributed by atoms with Crippen molar-refractivity contribution >= 4 is 34.5 Å². The third kappa shape index (κ3) is 4.38. The lowest BCUT2D eigenvalue weighted by Gasteiger charge is -2.48. The van der Waals surface area contributed by atoms with Crippen LogP contribution in [0.3, 0.4) is 0 Å². The van der Waals surface area contributed by atoms with Crippen LogP contribution < -0.4 is 4.90 Å². The highest BCUT2D eigenvalue weighted by Gasteiger charge is 2.41. The summed E-state index contributed by atoms with van der Waals surface area (Å²) < 4.78 is 0. The standard InChI is InChI=1S/C23H28ClN5O2S/c1-13(30)29(16-10-22(2,3)12-23(4,5)11-16)15-8-6-7-14(9-15)19-17(24)18(31)20(32-19)21-25-27-28-26-21/h6-9,16,31H,10-12H2,1-5H3,(H,25,26,27,28). The van der Waals surface area contributed by atoms with Gasteiger partial charge in [-0.15, -0.1) is 21.5 Å². The zero-order valence-electron chi connectivity index (χ0n) is 18.9. The Bertz CT molecular complexity index is 1120. The third-order valence-corrected chi connectivity index (χ3v) is 7.70. The first-order valence-electron chi connectivity index (χ1n) is 10.6. The molecule has 1 saturated carbocycles. The number of anilines is 1. The molecule has 0 bridgehead atoms. The maximum atomic E-state index is 12.8. The SMILES string of the molecule is CC(=O)N(c1cccc(-c2sc(-c3nn[nH]n3)c(O)c2Cl)c1)C1CC(C)(C)CC(C)(C)C1. The molecule has 3 aromatic rings. The number of benzene rings is 1. The van der Waals surface area contributed by atoms with E-state index in [0.717, 1.165) is 30.5 Å². The van der Waals surface area contributed by atoms with Crippen molar-refractivity contribution in [2.24, 2.45) is 10.8 Å². The van der Waals surface area contributed by atoms with Crippen molar-refractivity contribution in [1.82, 2.24) is 20.6 Å². The summed E-state index contributed by atoms with van der Waals surface area (Å²) >= 11 is 7.77. The Morgan fingerprint density at radius 1 is 1.22 bits per heavy atom. The van der Waals surface area contributed by atoms with E-state index >= 15 is 0 Å². The van der Waals surface area contributed by atoms with Crippen molar-refractivity contribution in [1.29, 1.82) is 0 Å². The van der Waals surface area contributed by atoms with Crippen molar-refractivity contribution in [3.05, 3.63) is 29.3 Å². The van der Waals surface area contributed by atoms with Gasteiger partial charge in [-0.3, -0.25) is 4.79 Å². The number of hydrogen-bond donors (Lipinski definition) is 2. The molecule has 0 spiro atoms. The van der Waals surface area contributed by atoms with Crippen LogP contribution in [-0.2, 0) is 4.79 Å². The number of halogens is 1. The van der Waals surface area contributed by atoms with E-state index in [1.807, 2.05) is 29.2 Å². The average molecular weight is 474 g/mol. The maximum Gasteiger partial charge on any atom is 0.224 e. The van der Waals surface area contributed by atoms with Crippen LogP contribution in [0.4, 0.5) is 5.69 Å². The highest BCUT2D eigenvalue weighted by molar-refractivity contribution is 7.20. The second kappa shape index (κ2) is 8.15. The molecular formula is C23H28ClN5O2S. The van der Waals surface area contributed by atoms with Gasteiger partial charge in [0.15, 0.2) is 5.75 Å². The molecule has 0 atom stereocenters. The molecule has 1 fully saturated rings. The fourth-order valence-electron chi connectivity index (χ4n) is 5.41. The molecule has 0 aliphatic heterocycles. The molecule has 0 radical (unpaired) electrons. The van der Waals surface area contributed by atoms with Crippen LogP contribution in [0.25, 0.3) is 21.1 Å². The molecule has 2 heterocycles. The summed E-state index contributed by atoms with van der Waals surface area (Å²) in [5.41, 5.74) is 1.96. The minimum atomic E-state index is -0.0716. The van der Waals surface area contributed by atoms with E-state index in [2.05, 4.69) is 48.3 Å². The quantitative estimate of drug-likeness (QED) is 0.491. The Hall–Kier alpha value is -2.45. The van der Waals surface area contributed by atoms with E-state index in [9.17, 15) is 9.90 Å². The van der Waals surface area contributed by atoms with Gasteiger partial charge in [0, 0.05) is 18.7 Å². The number of tetrazole rings is 1. The smallest absolute Gasteiger partial charge is 0.224 e. The number of thiophene rings is 1. The fraction of sp³-hybridized carbons (Fsp3) is 0.478.